The number of halogens is 1. The first-order chi connectivity index (χ1) is 6.06. The molecule has 1 aromatic rings. The van der Waals surface area contributed by atoms with E-state index in [4.69, 9.17) is 16.9 Å². The van der Waals surface area contributed by atoms with E-state index in [1.807, 2.05) is 32.9 Å². The number of hydrogen-bond donors (Lipinski definition) is 0. The van der Waals surface area contributed by atoms with Crippen LogP contribution in [0.15, 0.2) is 12.1 Å². The number of hydrogen-bond acceptors (Lipinski definition) is 1. The third-order valence-electron chi connectivity index (χ3n) is 2.21. The highest BCUT2D eigenvalue weighted by atomic mass is 35.5. The SMILES string of the molecule is Cc1cc(C)c(C(C)C#N)cc1Cl. The Bertz CT molecular complexity index is 363. The third kappa shape index (κ3) is 2.02. The fourth-order valence-electron chi connectivity index (χ4n) is 1.38. The van der Waals surface area contributed by atoms with Gasteiger partial charge in [0.15, 0.2) is 0 Å². The van der Waals surface area contributed by atoms with Crippen molar-refractivity contribution in [3.8, 4) is 6.07 Å². The Balaban J connectivity index is 3.25. The first kappa shape index (κ1) is 10.1. The van der Waals surface area contributed by atoms with Gasteiger partial charge in [0.25, 0.3) is 0 Å². The number of rotatable bonds is 1. The van der Waals surface area contributed by atoms with Gasteiger partial charge in [-0.05, 0) is 43.5 Å². The summed E-state index contributed by atoms with van der Waals surface area (Å²) in [6.07, 6.45) is 0. The van der Waals surface area contributed by atoms with Crippen LogP contribution in [0, 0.1) is 25.2 Å². The molecule has 13 heavy (non-hydrogen) atoms. The van der Waals surface area contributed by atoms with E-state index < -0.39 is 0 Å². The van der Waals surface area contributed by atoms with Crippen molar-refractivity contribution in [3.05, 3.63) is 33.8 Å². The minimum atomic E-state index is -0.0851. The molecule has 0 N–H and O–H groups in total. The lowest BCUT2D eigenvalue weighted by atomic mass is 9.96. The summed E-state index contributed by atoms with van der Waals surface area (Å²) in [5, 5.41) is 9.52. The molecule has 0 radical (unpaired) electrons. The predicted octanol–water partition coefficient (Wildman–Crippen LogP) is 3.58. The maximum Gasteiger partial charge on any atom is 0.0701 e. The average molecular weight is 194 g/mol. The monoisotopic (exact) mass is 193 g/mol. The summed E-state index contributed by atoms with van der Waals surface area (Å²) in [5.41, 5.74) is 3.22. The molecule has 68 valence electrons. The van der Waals surface area contributed by atoms with E-state index in [-0.39, 0.29) is 5.92 Å². The first-order valence-corrected chi connectivity index (χ1v) is 4.60. The van der Waals surface area contributed by atoms with Crippen molar-refractivity contribution in [2.75, 3.05) is 0 Å². The maximum atomic E-state index is 8.78. The quantitative estimate of drug-likeness (QED) is 0.669. The normalized spacial score (nSPS) is 12.2. The third-order valence-corrected chi connectivity index (χ3v) is 2.61. The Labute approximate surface area is 84.0 Å². The van der Waals surface area contributed by atoms with Gasteiger partial charge in [-0.25, -0.2) is 0 Å². The minimum Gasteiger partial charge on any atom is -0.198 e. The number of nitriles is 1. The summed E-state index contributed by atoms with van der Waals surface area (Å²) in [5.74, 6) is -0.0851. The van der Waals surface area contributed by atoms with Crippen molar-refractivity contribution in [1.29, 1.82) is 5.26 Å². The average Bonchev–Trinajstić information content (AvgIpc) is 2.10. The van der Waals surface area contributed by atoms with Crippen molar-refractivity contribution in [2.24, 2.45) is 0 Å². The first-order valence-electron chi connectivity index (χ1n) is 4.22. The summed E-state index contributed by atoms with van der Waals surface area (Å²) >= 11 is 5.98. The second-order valence-electron chi connectivity index (χ2n) is 3.31. The van der Waals surface area contributed by atoms with E-state index >= 15 is 0 Å². The molecule has 0 saturated carbocycles. The van der Waals surface area contributed by atoms with Gasteiger partial charge in [-0.1, -0.05) is 17.7 Å². The molecule has 1 nitrogen and oxygen atoms in total. The molecule has 0 bridgehead atoms. The molecule has 0 spiro atoms. The van der Waals surface area contributed by atoms with Crippen LogP contribution in [-0.2, 0) is 0 Å². The lowest BCUT2D eigenvalue weighted by Gasteiger charge is -2.09. The maximum absolute atomic E-state index is 8.78. The highest BCUT2D eigenvalue weighted by molar-refractivity contribution is 6.31. The summed E-state index contributed by atoms with van der Waals surface area (Å²) in [6, 6.07) is 6.12. The van der Waals surface area contributed by atoms with E-state index in [1.54, 1.807) is 0 Å². The van der Waals surface area contributed by atoms with Gasteiger partial charge >= 0.3 is 0 Å². The number of benzene rings is 1. The molecule has 0 aliphatic carbocycles. The zero-order valence-corrected chi connectivity index (χ0v) is 8.81. The van der Waals surface area contributed by atoms with Crippen molar-refractivity contribution >= 4 is 11.6 Å². The summed E-state index contributed by atoms with van der Waals surface area (Å²) < 4.78 is 0. The molecule has 1 aromatic carbocycles. The Morgan fingerprint density at radius 1 is 1.31 bits per heavy atom. The molecule has 0 aliphatic rings. The topological polar surface area (TPSA) is 23.8 Å². The molecule has 0 saturated heterocycles. The molecule has 1 atom stereocenters. The standard InChI is InChI=1S/C11H12ClN/c1-7-4-8(2)11(12)5-10(7)9(3)6-13/h4-5,9H,1-3H3. The van der Waals surface area contributed by atoms with Gasteiger partial charge in [-0.2, -0.15) is 5.26 Å². The fraction of sp³-hybridized carbons (Fsp3) is 0.364. The molecule has 1 unspecified atom stereocenters. The van der Waals surface area contributed by atoms with Crippen LogP contribution in [0.2, 0.25) is 5.02 Å². The van der Waals surface area contributed by atoms with Crippen LogP contribution in [0.3, 0.4) is 0 Å². The van der Waals surface area contributed by atoms with E-state index in [1.165, 1.54) is 0 Å². The summed E-state index contributed by atoms with van der Waals surface area (Å²) in [7, 11) is 0. The van der Waals surface area contributed by atoms with Crippen molar-refractivity contribution in [3.63, 3.8) is 0 Å². The van der Waals surface area contributed by atoms with Gasteiger partial charge in [0.1, 0.15) is 0 Å². The Morgan fingerprint density at radius 2 is 1.92 bits per heavy atom. The Morgan fingerprint density at radius 3 is 2.46 bits per heavy atom. The van der Waals surface area contributed by atoms with Crippen LogP contribution in [0.4, 0.5) is 0 Å². The molecule has 1 rings (SSSR count). The van der Waals surface area contributed by atoms with Crippen molar-refractivity contribution < 1.29 is 0 Å². The van der Waals surface area contributed by atoms with Crippen LogP contribution < -0.4 is 0 Å². The molecule has 2 heteroatoms. The zero-order valence-electron chi connectivity index (χ0n) is 8.06. The predicted molar refractivity (Wildman–Crippen MR) is 55.0 cm³/mol. The summed E-state index contributed by atoms with van der Waals surface area (Å²) in [6.45, 7) is 5.86. The van der Waals surface area contributed by atoms with Crippen LogP contribution in [0.5, 0.6) is 0 Å². The van der Waals surface area contributed by atoms with Crippen LogP contribution in [0.25, 0.3) is 0 Å². The smallest absolute Gasteiger partial charge is 0.0701 e. The highest BCUT2D eigenvalue weighted by Gasteiger charge is 2.09. The molecule has 0 aliphatic heterocycles. The number of aryl methyl sites for hydroxylation is 2. The van der Waals surface area contributed by atoms with Gasteiger partial charge in [0.05, 0.1) is 12.0 Å². The molecule has 0 aromatic heterocycles. The second-order valence-corrected chi connectivity index (χ2v) is 3.72. The zero-order chi connectivity index (χ0) is 10.0. The fourth-order valence-corrected chi connectivity index (χ4v) is 1.55. The van der Waals surface area contributed by atoms with Crippen molar-refractivity contribution in [1.82, 2.24) is 0 Å². The van der Waals surface area contributed by atoms with E-state index in [0.717, 1.165) is 21.7 Å². The van der Waals surface area contributed by atoms with Crippen molar-refractivity contribution in [2.45, 2.75) is 26.7 Å². The second kappa shape index (κ2) is 3.81. The molecule has 0 heterocycles. The molecule has 0 amide bonds. The molecule has 0 fully saturated rings. The highest BCUT2D eigenvalue weighted by Crippen LogP contribution is 2.25. The lowest BCUT2D eigenvalue weighted by Crippen LogP contribution is -1.94. The van der Waals surface area contributed by atoms with Gasteiger partial charge in [-0.3, -0.25) is 0 Å². The lowest BCUT2D eigenvalue weighted by molar-refractivity contribution is 0.964. The van der Waals surface area contributed by atoms with E-state index in [0.29, 0.717) is 0 Å². The van der Waals surface area contributed by atoms with E-state index in [2.05, 4.69) is 6.07 Å². The Kier molecular flexibility index (Phi) is 2.95. The Hall–Kier alpha value is -1.00. The minimum absolute atomic E-state index is 0.0851. The van der Waals surface area contributed by atoms with Crippen LogP contribution in [0.1, 0.15) is 29.5 Å². The van der Waals surface area contributed by atoms with Gasteiger partial charge in [0, 0.05) is 5.02 Å². The van der Waals surface area contributed by atoms with Crippen LogP contribution in [-0.4, -0.2) is 0 Å². The van der Waals surface area contributed by atoms with Crippen LogP contribution >= 0.6 is 11.6 Å². The van der Waals surface area contributed by atoms with Gasteiger partial charge in [-0.15, -0.1) is 0 Å². The van der Waals surface area contributed by atoms with E-state index in [9.17, 15) is 0 Å². The van der Waals surface area contributed by atoms with Gasteiger partial charge < -0.3 is 0 Å². The summed E-state index contributed by atoms with van der Waals surface area (Å²) in [4.78, 5) is 0. The molecular formula is C11H12ClN. The largest absolute Gasteiger partial charge is 0.198 e. The van der Waals surface area contributed by atoms with Gasteiger partial charge in [0.2, 0.25) is 0 Å². The number of nitrogens with zero attached hydrogens (tertiary/aromatic N) is 1. The molecular weight excluding hydrogens is 182 g/mol.